The van der Waals surface area contributed by atoms with Gasteiger partial charge in [0, 0.05) is 17.8 Å². The molecule has 1 heterocycles. The van der Waals surface area contributed by atoms with Gasteiger partial charge in [0.2, 0.25) is 0 Å². The minimum Gasteiger partial charge on any atom is -0.497 e. The first kappa shape index (κ1) is 14.0. The normalized spacial score (nSPS) is 10.2. The predicted octanol–water partition coefficient (Wildman–Crippen LogP) is 2.67. The van der Waals surface area contributed by atoms with Crippen molar-refractivity contribution in [3.63, 3.8) is 0 Å². The Hall–Kier alpha value is -2.43. The minimum atomic E-state index is -0.0442. The zero-order valence-corrected chi connectivity index (χ0v) is 11.9. The van der Waals surface area contributed by atoms with Gasteiger partial charge in [-0.15, -0.1) is 0 Å². The highest BCUT2D eigenvalue weighted by Gasteiger charge is 2.11. The average Bonchev–Trinajstić information content (AvgIpc) is 2.46. The van der Waals surface area contributed by atoms with Gasteiger partial charge in [0.05, 0.1) is 25.5 Å². The van der Waals surface area contributed by atoms with Crippen molar-refractivity contribution in [1.82, 2.24) is 9.97 Å². The second kappa shape index (κ2) is 5.69. The quantitative estimate of drug-likeness (QED) is 0.801. The molecule has 0 bridgehead atoms. The third-order valence-corrected chi connectivity index (χ3v) is 2.97. The largest absolute Gasteiger partial charge is 0.497 e. The molecule has 0 spiro atoms. The van der Waals surface area contributed by atoms with Gasteiger partial charge in [-0.2, -0.15) is 0 Å². The standard InChI is InChI=1S/C15H16N2O3/c1-9-14(10(2)18)8-16-15(17-9)11-5-12(19-3)7-13(6-11)20-4/h5-8H,1-4H3. The summed E-state index contributed by atoms with van der Waals surface area (Å²) in [6, 6.07) is 5.43. The Labute approximate surface area is 117 Å². The van der Waals surface area contributed by atoms with Crippen LogP contribution >= 0.6 is 0 Å². The summed E-state index contributed by atoms with van der Waals surface area (Å²) >= 11 is 0. The van der Waals surface area contributed by atoms with Gasteiger partial charge in [0.25, 0.3) is 0 Å². The Morgan fingerprint density at radius 3 is 2.15 bits per heavy atom. The van der Waals surface area contributed by atoms with Crippen LogP contribution in [0.2, 0.25) is 0 Å². The van der Waals surface area contributed by atoms with E-state index in [9.17, 15) is 4.79 Å². The van der Waals surface area contributed by atoms with Crippen molar-refractivity contribution >= 4 is 5.78 Å². The molecule has 104 valence electrons. The Morgan fingerprint density at radius 2 is 1.70 bits per heavy atom. The van der Waals surface area contributed by atoms with E-state index in [2.05, 4.69) is 9.97 Å². The van der Waals surface area contributed by atoms with E-state index < -0.39 is 0 Å². The average molecular weight is 272 g/mol. The van der Waals surface area contributed by atoms with Crippen molar-refractivity contribution in [1.29, 1.82) is 0 Å². The van der Waals surface area contributed by atoms with E-state index in [0.29, 0.717) is 28.6 Å². The fourth-order valence-corrected chi connectivity index (χ4v) is 1.89. The summed E-state index contributed by atoms with van der Waals surface area (Å²) in [6.07, 6.45) is 1.55. The van der Waals surface area contributed by atoms with Crippen LogP contribution in [0, 0.1) is 6.92 Å². The van der Waals surface area contributed by atoms with E-state index in [-0.39, 0.29) is 5.78 Å². The number of aromatic nitrogens is 2. The number of benzene rings is 1. The molecule has 1 aromatic carbocycles. The van der Waals surface area contributed by atoms with Gasteiger partial charge in [-0.25, -0.2) is 9.97 Å². The maximum absolute atomic E-state index is 11.4. The predicted molar refractivity (Wildman–Crippen MR) is 75.3 cm³/mol. The molecule has 0 aliphatic rings. The Bertz CT molecular complexity index is 631. The topological polar surface area (TPSA) is 61.3 Å². The molecule has 0 amide bonds. The summed E-state index contributed by atoms with van der Waals surface area (Å²) in [5.41, 5.74) is 1.97. The zero-order valence-electron chi connectivity index (χ0n) is 11.9. The van der Waals surface area contributed by atoms with Crippen molar-refractivity contribution in [3.8, 4) is 22.9 Å². The number of rotatable bonds is 4. The van der Waals surface area contributed by atoms with Crippen LogP contribution in [0.15, 0.2) is 24.4 Å². The summed E-state index contributed by atoms with van der Waals surface area (Å²) in [5, 5.41) is 0. The number of hydrogen-bond acceptors (Lipinski definition) is 5. The van der Waals surface area contributed by atoms with Gasteiger partial charge < -0.3 is 9.47 Å². The Kier molecular flexibility index (Phi) is 3.98. The first-order valence-electron chi connectivity index (χ1n) is 6.13. The minimum absolute atomic E-state index is 0.0442. The molecule has 0 unspecified atom stereocenters. The summed E-state index contributed by atoms with van der Waals surface area (Å²) in [4.78, 5) is 20.0. The highest BCUT2D eigenvalue weighted by atomic mass is 16.5. The third-order valence-electron chi connectivity index (χ3n) is 2.97. The van der Waals surface area contributed by atoms with E-state index in [1.54, 1.807) is 33.4 Å². The summed E-state index contributed by atoms with van der Waals surface area (Å²) < 4.78 is 10.4. The van der Waals surface area contributed by atoms with Gasteiger partial charge in [-0.3, -0.25) is 4.79 Å². The maximum atomic E-state index is 11.4. The number of nitrogens with zero attached hydrogens (tertiary/aromatic N) is 2. The lowest BCUT2D eigenvalue weighted by atomic mass is 10.1. The number of carbonyl (C=O) groups is 1. The lowest BCUT2D eigenvalue weighted by molar-refractivity contribution is 0.101. The van der Waals surface area contributed by atoms with Crippen molar-refractivity contribution < 1.29 is 14.3 Å². The van der Waals surface area contributed by atoms with Crippen LogP contribution < -0.4 is 9.47 Å². The molecule has 0 fully saturated rings. The molecule has 5 nitrogen and oxygen atoms in total. The smallest absolute Gasteiger partial charge is 0.163 e. The maximum Gasteiger partial charge on any atom is 0.163 e. The number of carbonyl (C=O) groups excluding carboxylic acids is 1. The first-order chi connectivity index (χ1) is 9.55. The number of ketones is 1. The summed E-state index contributed by atoms with van der Waals surface area (Å²) in [7, 11) is 3.17. The van der Waals surface area contributed by atoms with Crippen LogP contribution in [0.3, 0.4) is 0 Å². The second-order valence-electron chi connectivity index (χ2n) is 4.35. The molecule has 0 saturated heterocycles. The molecule has 2 aromatic rings. The zero-order chi connectivity index (χ0) is 14.7. The van der Waals surface area contributed by atoms with E-state index in [0.717, 1.165) is 5.56 Å². The number of methoxy groups -OCH3 is 2. The Morgan fingerprint density at radius 1 is 1.10 bits per heavy atom. The van der Waals surface area contributed by atoms with Gasteiger partial charge in [0.1, 0.15) is 11.5 Å². The van der Waals surface area contributed by atoms with E-state index in [4.69, 9.17) is 9.47 Å². The van der Waals surface area contributed by atoms with Gasteiger partial charge in [-0.1, -0.05) is 0 Å². The van der Waals surface area contributed by atoms with Crippen LogP contribution in [-0.4, -0.2) is 30.0 Å². The van der Waals surface area contributed by atoms with Crippen molar-refractivity contribution in [3.05, 3.63) is 35.7 Å². The molecule has 0 N–H and O–H groups in total. The number of aryl methyl sites for hydroxylation is 1. The van der Waals surface area contributed by atoms with E-state index in [1.165, 1.54) is 6.92 Å². The van der Waals surface area contributed by atoms with Gasteiger partial charge in [0.15, 0.2) is 11.6 Å². The third kappa shape index (κ3) is 2.77. The van der Waals surface area contributed by atoms with Crippen LogP contribution in [0.4, 0.5) is 0 Å². The van der Waals surface area contributed by atoms with Crippen LogP contribution in [0.25, 0.3) is 11.4 Å². The number of hydrogen-bond donors (Lipinski definition) is 0. The number of Topliss-reactive ketones (excluding diaryl/α,β-unsaturated/α-hetero) is 1. The molecule has 0 atom stereocenters. The van der Waals surface area contributed by atoms with Gasteiger partial charge in [-0.05, 0) is 26.0 Å². The molecule has 20 heavy (non-hydrogen) atoms. The lowest BCUT2D eigenvalue weighted by Crippen LogP contribution is -2.02. The second-order valence-corrected chi connectivity index (χ2v) is 4.35. The van der Waals surface area contributed by atoms with E-state index >= 15 is 0 Å². The molecule has 0 aliphatic carbocycles. The highest BCUT2D eigenvalue weighted by molar-refractivity contribution is 5.94. The SMILES string of the molecule is COc1cc(OC)cc(-c2ncc(C(C)=O)c(C)n2)c1. The lowest BCUT2D eigenvalue weighted by Gasteiger charge is -2.09. The molecular weight excluding hydrogens is 256 g/mol. The van der Waals surface area contributed by atoms with Crippen molar-refractivity contribution in [2.75, 3.05) is 14.2 Å². The monoisotopic (exact) mass is 272 g/mol. The van der Waals surface area contributed by atoms with Crippen LogP contribution in [0.5, 0.6) is 11.5 Å². The first-order valence-corrected chi connectivity index (χ1v) is 6.13. The van der Waals surface area contributed by atoms with Crippen LogP contribution in [-0.2, 0) is 0 Å². The molecule has 5 heteroatoms. The summed E-state index contributed by atoms with van der Waals surface area (Å²) in [6.45, 7) is 3.29. The molecule has 0 aliphatic heterocycles. The summed E-state index contributed by atoms with van der Waals surface area (Å²) in [5.74, 6) is 1.81. The van der Waals surface area contributed by atoms with Crippen LogP contribution in [0.1, 0.15) is 23.0 Å². The molecule has 0 radical (unpaired) electrons. The Balaban J connectivity index is 2.51. The van der Waals surface area contributed by atoms with E-state index in [1.807, 2.05) is 12.1 Å². The fourth-order valence-electron chi connectivity index (χ4n) is 1.89. The molecular formula is C15H16N2O3. The van der Waals surface area contributed by atoms with Gasteiger partial charge >= 0.3 is 0 Å². The molecule has 0 saturated carbocycles. The van der Waals surface area contributed by atoms with Crippen molar-refractivity contribution in [2.45, 2.75) is 13.8 Å². The van der Waals surface area contributed by atoms with Crippen molar-refractivity contribution in [2.24, 2.45) is 0 Å². The molecule has 1 aromatic heterocycles. The molecule has 2 rings (SSSR count). The fraction of sp³-hybridized carbons (Fsp3) is 0.267. The number of ether oxygens (including phenoxy) is 2. The highest BCUT2D eigenvalue weighted by Crippen LogP contribution is 2.28.